The Kier molecular flexibility index (Phi) is 3.47. The molecule has 1 atom stereocenters. The molecule has 0 amide bonds. The van der Waals surface area contributed by atoms with Gasteiger partial charge in [-0.15, -0.1) is 0 Å². The largest absolute Gasteiger partial charge is 0.479 e. The molecule has 1 aromatic rings. The Hall–Kier alpha value is -1.69. The topological polar surface area (TPSA) is 84.3 Å². The number of nitrogens with one attached hydrogen (secondary N) is 1. The van der Waals surface area contributed by atoms with Gasteiger partial charge in [0.25, 0.3) is 0 Å². The Balaban J connectivity index is 2.22. The number of carbonyl (C=O) groups is 1. The van der Waals surface area contributed by atoms with E-state index >= 15 is 0 Å². The second-order valence-electron chi connectivity index (χ2n) is 4.80. The van der Waals surface area contributed by atoms with E-state index in [4.69, 9.17) is 4.74 Å². The summed E-state index contributed by atoms with van der Waals surface area (Å²) in [5, 5.41) is 12.3. The van der Waals surface area contributed by atoms with Crippen molar-refractivity contribution in [3.8, 4) is 0 Å². The van der Waals surface area contributed by atoms with Crippen molar-refractivity contribution in [2.24, 2.45) is 0 Å². The maximum atomic E-state index is 11.4. The summed E-state index contributed by atoms with van der Waals surface area (Å²) < 4.78 is 5.18. The van der Waals surface area contributed by atoms with Gasteiger partial charge in [-0.3, -0.25) is 0 Å². The second-order valence-corrected chi connectivity index (χ2v) is 4.80. The van der Waals surface area contributed by atoms with Crippen LogP contribution in [-0.2, 0) is 9.53 Å². The molecular weight excluding hydrogens is 234 g/mol. The zero-order valence-electron chi connectivity index (χ0n) is 10.5. The first-order valence-electron chi connectivity index (χ1n) is 5.95. The predicted molar refractivity (Wildman–Crippen MR) is 65.5 cm³/mol. The second kappa shape index (κ2) is 4.89. The molecule has 0 aromatic carbocycles. The molecule has 2 heterocycles. The van der Waals surface area contributed by atoms with Crippen LogP contribution in [0.15, 0.2) is 12.4 Å². The van der Waals surface area contributed by atoms with E-state index < -0.39 is 11.5 Å². The summed E-state index contributed by atoms with van der Waals surface area (Å²) in [7, 11) is 0. The van der Waals surface area contributed by atoms with Gasteiger partial charge in [0.2, 0.25) is 0 Å². The van der Waals surface area contributed by atoms with Crippen molar-refractivity contribution in [3.05, 3.63) is 18.1 Å². The van der Waals surface area contributed by atoms with Crippen LogP contribution in [0.2, 0.25) is 0 Å². The van der Waals surface area contributed by atoms with Crippen LogP contribution in [0.25, 0.3) is 0 Å². The number of ether oxygens (including phenoxy) is 1. The highest BCUT2D eigenvalue weighted by molar-refractivity contribution is 5.83. The first-order chi connectivity index (χ1) is 8.53. The molecule has 0 radical (unpaired) electrons. The number of anilines is 1. The third-order valence-electron chi connectivity index (χ3n) is 3.08. The normalized spacial score (nSPS) is 23.3. The van der Waals surface area contributed by atoms with E-state index in [2.05, 4.69) is 15.3 Å². The van der Waals surface area contributed by atoms with E-state index in [9.17, 15) is 9.90 Å². The molecular formula is C12H17N3O3. The Morgan fingerprint density at radius 1 is 1.56 bits per heavy atom. The molecule has 1 unspecified atom stereocenters. The molecule has 6 nitrogen and oxygen atoms in total. The van der Waals surface area contributed by atoms with Gasteiger partial charge in [-0.1, -0.05) is 13.8 Å². The highest BCUT2D eigenvalue weighted by atomic mass is 16.5. The van der Waals surface area contributed by atoms with Crippen LogP contribution in [-0.4, -0.2) is 39.8 Å². The molecule has 2 rings (SSSR count). The minimum atomic E-state index is -1.07. The summed E-state index contributed by atoms with van der Waals surface area (Å²) >= 11 is 0. The van der Waals surface area contributed by atoms with Crippen LogP contribution in [0, 0.1) is 0 Å². The summed E-state index contributed by atoms with van der Waals surface area (Å²) in [5.74, 6) is -0.111. The van der Waals surface area contributed by atoms with Gasteiger partial charge >= 0.3 is 5.97 Å². The first-order valence-corrected chi connectivity index (χ1v) is 5.95. The molecule has 0 saturated carbocycles. The Morgan fingerprint density at radius 3 is 2.89 bits per heavy atom. The Bertz CT molecular complexity index is 442. The van der Waals surface area contributed by atoms with Crippen molar-refractivity contribution in [2.45, 2.75) is 31.7 Å². The maximum Gasteiger partial charge on any atom is 0.331 e. The standard InChI is InChI=1S/C12H17N3O3/c1-8(2)9-5-10(14-7-13-9)15-12(11(16)17)3-4-18-6-12/h5,7-8H,3-4,6H2,1-2H3,(H,16,17)(H,13,14,15). The van der Waals surface area contributed by atoms with E-state index in [0.717, 1.165) is 5.69 Å². The zero-order chi connectivity index (χ0) is 13.2. The van der Waals surface area contributed by atoms with Crippen LogP contribution in [0.3, 0.4) is 0 Å². The number of rotatable bonds is 4. The van der Waals surface area contributed by atoms with E-state index in [1.807, 2.05) is 13.8 Å². The van der Waals surface area contributed by atoms with Gasteiger partial charge in [-0.05, 0) is 5.92 Å². The van der Waals surface area contributed by atoms with E-state index in [1.54, 1.807) is 6.07 Å². The fourth-order valence-corrected chi connectivity index (χ4v) is 1.89. The monoisotopic (exact) mass is 251 g/mol. The van der Waals surface area contributed by atoms with Gasteiger partial charge in [-0.2, -0.15) is 0 Å². The molecule has 1 fully saturated rings. The van der Waals surface area contributed by atoms with Crippen molar-refractivity contribution in [1.29, 1.82) is 0 Å². The van der Waals surface area contributed by atoms with Crippen molar-refractivity contribution >= 4 is 11.8 Å². The highest BCUT2D eigenvalue weighted by Gasteiger charge is 2.42. The van der Waals surface area contributed by atoms with Gasteiger partial charge < -0.3 is 15.2 Å². The SMILES string of the molecule is CC(C)c1cc(NC2(C(=O)O)CCOC2)ncn1. The summed E-state index contributed by atoms with van der Waals surface area (Å²) in [6.07, 6.45) is 1.88. The predicted octanol–water partition coefficient (Wildman–Crippen LogP) is 1.26. The minimum Gasteiger partial charge on any atom is -0.479 e. The Labute approximate surface area is 105 Å². The van der Waals surface area contributed by atoms with Crippen molar-refractivity contribution < 1.29 is 14.6 Å². The van der Waals surface area contributed by atoms with Gasteiger partial charge in [0.1, 0.15) is 12.1 Å². The molecule has 1 saturated heterocycles. The highest BCUT2D eigenvalue weighted by Crippen LogP contribution is 2.24. The first kappa shape index (κ1) is 12.8. The smallest absolute Gasteiger partial charge is 0.331 e. The van der Waals surface area contributed by atoms with Crippen LogP contribution in [0.1, 0.15) is 31.9 Å². The van der Waals surface area contributed by atoms with Crippen LogP contribution < -0.4 is 5.32 Å². The van der Waals surface area contributed by atoms with Gasteiger partial charge in [0.05, 0.1) is 6.61 Å². The summed E-state index contributed by atoms with van der Waals surface area (Å²) in [6.45, 7) is 4.65. The molecule has 18 heavy (non-hydrogen) atoms. The number of aromatic nitrogens is 2. The third-order valence-corrected chi connectivity index (χ3v) is 3.08. The molecule has 0 bridgehead atoms. The van der Waals surface area contributed by atoms with Crippen LogP contribution in [0.4, 0.5) is 5.82 Å². The average molecular weight is 251 g/mol. The van der Waals surface area contributed by atoms with E-state index in [1.165, 1.54) is 6.33 Å². The molecule has 1 aliphatic rings. The molecule has 0 aliphatic carbocycles. The number of nitrogens with zero attached hydrogens (tertiary/aromatic N) is 2. The van der Waals surface area contributed by atoms with Crippen molar-refractivity contribution in [2.75, 3.05) is 18.5 Å². The number of aliphatic carboxylic acids is 1. The van der Waals surface area contributed by atoms with Crippen molar-refractivity contribution in [3.63, 3.8) is 0 Å². The van der Waals surface area contributed by atoms with Gasteiger partial charge in [0, 0.05) is 24.8 Å². The Morgan fingerprint density at radius 2 is 2.33 bits per heavy atom. The van der Waals surface area contributed by atoms with Gasteiger partial charge in [-0.25, -0.2) is 14.8 Å². The third kappa shape index (κ3) is 2.43. The summed E-state index contributed by atoms with van der Waals surface area (Å²) in [4.78, 5) is 19.6. The number of hydrogen-bond donors (Lipinski definition) is 2. The lowest BCUT2D eigenvalue weighted by atomic mass is 9.99. The minimum absolute atomic E-state index is 0.156. The fourth-order valence-electron chi connectivity index (χ4n) is 1.89. The fraction of sp³-hybridized carbons (Fsp3) is 0.583. The lowest BCUT2D eigenvalue weighted by Gasteiger charge is -2.24. The molecule has 98 valence electrons. The lowest BCUT2D eigenvalue weighted by Crippen LogP contribution is -2.47. The molecule has 6 heteroatoms. The van der Waals surface area contributed by atoms with Crippen LogP contribution in [0.5, 0.6) is 0 Å². The molecule has 0 spiro atoms. The zero-order valence-corrected chi connectivity index (χ0v) is 10.5. The summed E-state index contributed by atoms with van der Waals surface area (Å²) in [5.41, 5.74) is -0.185. The maximum absolute atomic E-state index is 11.4. The van der Waals surface area contributed by atoms with E-state index in [-0.39, 0.29) is 12.5 Å². The summed E-state index contributed by atoms with van der Waals surface area (Å²) in [6, 6.07) is 1.79. The molecule has 1 aromatic heterocycles. The lowest BCUT2D eigenvalue weighted by molar-refractivity contribution is -0.142. The number of carboxylic acids is 1. The van der Waals surface area contributed by atoms with Gasteiger partial charge in [0.15, 0.2) is 5.54 Å². The quantitative estimate of drug-likeness (QED) is 0.838. The average Bonchev–Trinajstić information content (AvgIpc) is 2.79. The van der Waals surface area contributed by atoms with Crippen molar-refractivity contribution in [1.82, 2.24) is 9.97 Å². The molecule has 2 N–H and O–H groups in total. The molecule has 1 aliphatic heterocycles. The van der Waals surface area contributed by atoms with E-state index in [0.29, 0.717) is 18.8 Å². The number of carboxylic acid groups (broad SMARTS) is 1. The number of hydrogen-bond acceptors (Lipinski definition) is 5. The van der Waals surface area contributed by atoms with Crippen LogP contribution >= 0.6 is 0 Å².